The van der Waals surface area contributed by atoms with Gasteiger partial charge in [0.25, 0.3) is 10.0 Å². The third-order valence-corrected chi connectivity index (χ3v) is 7.51. The zero-order valence-corrected chi connectivity index (χ0v) is 18.6. The third kappa shape index (κ3) is 4.42. The molecule has 1 amide bonds. The molecule has 3 heterocycles. The molecule has 31 heavy (non-hydrogen) atoms. The van der Waals surface area contributed by atoms with Crippen molar-refractivity contribution in [3.8, 4) is 11.5 Å². The van der Waals surface area contributed by atoms with Crippen LogP contribution in [0.3, 0.4) is 0 Å². The van der Waals surface area contributed by atoms with E-state index in [1.54, 1.807) is 12.1 Å². The number of rotatable bonds is 5. The first-order valence-corrected chi connectivity index (χ1v) is 11.7. The molecule has 1 fully saturated rings. The molecule has 0 aliphatic carbocycles. The number of H-pyrrole nitrogens is 1. The van der Waals surface area contributed by atoms with Crippen molar-refractivity contribution >= 4 is 21.6 Å². The summed E-state index contributed by atoms with van der Waals surface area (Å²) in [5.41, 5.74) is 4.46. The smallest absolute Gasteiger partial charge is 0.276 e. The summed E-state index contributed by atoms with van der Waals surface area (Å²) in [6.07, 6.45) is 0.921. The molecule has 0 unspecified atom stereocenters. The van der Waals surface area contributed by atoms with E-state index in [0.29, 0.717) is 24.3 Å². The lowest BCUT2D eigenvalue weighted by molar-refractivity contribution is -0.120. The van der Waals surface area contributed by atoms with Gasteiger partial charge in [-0.3, -0.25) is 9.89 Å². The predicted molar refractivity (Wildman–Crippen MR) is 117 cm³/mol. The zero-order chi connectivity index (χ0) is 22.2. The van der Waals surface area contributed by atoms with Crippen LogP contribution in [0.2, 0.25) is 0 Å². The lowest BCUT2D eigenvalue weighted by atomic mass is 9.97. The molecule has 4 rings (SSSR count). The molecule has 164 valence electrons. The molecule has 9 heteroatoms. The number of nitrogens with zero attached hydrogens (tertiary/aromatic N) is 2. The number of nitrogens with one attached hydrogen (secondary N) is 2. The minimum Gasteiger partial charge on any atom is -0.442 e. The number of aryl methyl sites for hydroxylation is 3. The summed E-state index contributed by atoms with van der Waals surface area (Å²) in [6, 6.07) is 10.6. The van der Waals surface area contributed by atoms with Gasteiger partial charge in [-0.05, 0) is 75.1 Å². The van der Waals surface area contributed by atoms with Crippen molar-refractivity contribution in [3.63, 3.8) is 0 Å². The highest BCUT2D eigenvalue weighted by Crippen LogP contribution is 2.29. The molecule has 1 saturated heterocycles. The molecular formula is C22H26N4O4S. The van der Waals surface area contributed by atoms with E-state index in [1.165, 1.54) is 15.9 Å². The number of hydrogen-bond acceptors (Lipinski definition) is 5. The molecule has 1 aliphatic heterocycles. The number of anilines is 1. The van der Waals surface area contributed by atoms with Crippen LogP contribution in [0.15, 0.2) is 45.9 Å². The normalized spacial score (nSPS) is 15.8. The predicted octanol–water partition coefficient (Wildman–Crippen LogP) is 3.63. The number of sulfonamides is 1. The number of piperidine rings is 1. The molecule has 1 aliphatic rings. The average molecular weight is 443 g/mol. The number of carbonyl (C=O) groups is 1. The summed E-state index contributed by atoms with van der Waals surface area (Å²) in [6.45, 7) is 6.42. The maximum Gasteiger partial charge on any atom is 0.276 e. The van der Waals surface area contributed by atoms with Gasteiger partial charge < -0.3 is 9.73 Å². The van der Waals surface area contributed by atoms with Crippen LogP contribution in [-0.2, 0) is 14.8 Å². The van der Waals surface area contributed by atoms with Gasteiger partial charge in [-0.1, -0.05) is 6.07 Å². The van der Waals surface area contributed by atoms with Gasteiger partial charge in [-0.2, -0.15) is 9.40 Å². The summed E-state index contributed by atoms with van der Waals surface area (Å²) in [7, 11) is -3.76. The van der Waals surface area contributed by atoms with Crippen molar-refractivity contribution in [1.82, 2.24) is 14.5 Å². The largest absolute Gasteiger partial charge is 0.442 e. The van der Waals surface area contributed by atoms with Gasteiger partial charge in [-0.15, -0.1) is 0 Å². The van der Waals surface area contributed by atoms with E-state index in [0.717, 1.165) is 16.9 Å². The molecule has 0 bridgehead atoms. The minimum absolute atomic E-state index is 0.0745. The first-order valence-electron chi connectivity index (χ1n) is 10.2. The molecule has 0 saturated carbocycles. The summed E-state index contributed by atoms with van der Waals surface area (Å²) in [5.74, 6) is 0.0901. The Kier molecular flexibility index (Phi) is 5.72. The Balaban J connectivity index is 1.39. The van der Waals surface area contributed by atoms with Gasteiger partial charge >= 0.3 is 0 Å². The number of amides is 1. The van der Waals surface area contributed by atoms with Crippen molar-refractivity contribution in [3.05, 3.63) is 53.2 Å². The summed E-state index contributed by atoms with van der Waals surface area (Å²) < 4.78 is 32.9. The molecule has 0 atom stereocenters. The molecular weight excluding hydrogens is 416 g/mol. The highest BCUT2D eigenvalue weighted by molar-refractivity contribution is 7.89. The Morgan fingerprint density at radius 2 is 1.84 bits per heavy atom. The summed E-state index contributed by atoms with van der Waals surface area (Å²) >= 11 is 0. The van der Waals surface area contributed by atoms with Gasteiger partial charge in [0.1, 0.15) is 5.69 Å². The van der Waals surface area contributed by atoms with Crippen LogP contribution >= 0.6 is 0 Å². The van der Waals surface area contributed by atoms with E-state index < -0.39 is 10.0 Å². The van der Waals surface area contributed by atoms with Gasteiger partial charge in [0.05, 0.1) is 0 Å². The van der Waals surface area contributed by atoms with Crippen LogP contribution in [0.4, 0.5) is 5.69 Å². The number of carbonyl (C=O) groups excluding carboxylic acids is 1. The molecule has 0 spiro atoms. The van der Waals surface area contributed by atoms with Crippen molar-refractivity contribution in [2.75, 3.05) is 18.4 Å². The van der Waals surface area contributed by atoms with Gasteiger partial charge in [-0.25, -0.2) is 8.42 Å². The highest BCUT2D eigenvalue weighted by Gasteiger charge is 2.34. The number of benzene rings is 1. The number of hydrogen-bond donors (Lipinski definition) is 2. The Morgan fingerprint density at radius 1 is 1.10 bits per heavy atom. The topological polar surface area (TPSA) is 108 Å². The van der Waals surface area contributed by atoms with Gasteiger partial charge in [0.15, 0.2) is 5.76 Å². The molecule has 2 N–H and O–H groups in total. The standard InChI is InChI=1S/C22H26N4O4S/c1-14-4-5-18(12-15(14)2)23-22(27)17-8-10-26(11-9-17)31(28,29)21-7-6-20(30-21)19-13-16(3)24-25-19/h4-7,12-13,17H,8-11H2,1-3H3,(H,23,27)(H,24,25). The molecule has 0 radical (unpaired) electrons. The first-order chi connectivity index (χ1) is 14.7. The second-order valence-electron chi connectivity index (χ2n) is 8.02. The Hall–Kier alpha value is -2.91. The average Bonchev–Trinajstić information content (AvgIpc) is 3.40. The fraction of sp³-hybridized carbons (Fsp3) is 0.364. The van der Waals surface area contributed by atoms with Crippen LogP contribution < -0.4 is 5.32 Å². The Bertz CT molecular complexity index is 1200. The zero-order valence-electron chi connectivity index (χ0n) is 17.8. The summed E-state index contributed by atoms with van der Waals surface area (Å²) in [4.78, 5) is 12.6. The monoisotopic (exact) mass is 442 g/mol. The third-order valence-electron chi connectivity index (χ3n) is 5.73. The molecule has 1 aromatic carbocycles. The van der Waals surface area contributed by atoms with E-state index in [2.05, 4.69) is 15.5 Å². The molecule has 8 nitrogen and oxygen atoms in total. The van der Waals surface area contributed by atoms with Gasteiger partial charge in [0, 0.05) is 30.4 Å². The Labute approximate surface area is 181 Å². The van der Waals surface area contributed by atoms with Crippen molar-refractivity contribution < 1.29 is 17.6 Å². The van der Waals surface area contributed by atoms with Gasteiger partial charge in [0.2, 0.25) is 11.0 Å². The Morgan fingerprint density at radius 3 is 2.48 bits per heavy atom. The van der Waals surface area contributed by atoms with Crippen LogP contribution in [0.25, 0.3) is 11.5 Å². The molecule has 2 aromatic heterocycles. The van der Waals surface area contributed by atoms with Crippen molar-refractivity contribution in [1.29, 1.82) is 0 Å². The fourth-order valence-electron chi connectivity index (χ4n) is 3.69. The van der Waals surface area contributed by atoms with E-state index in [4.69, 9.17) is 4.42 Å². The van der Waals surface area contributed by atoms with E-state index in [-0.39, 0.29) is 30.0 Å². The van der Waals surface area contributed by atoms with Crippen LogP contribution in [0.5, 0.6) is 0 Å². The van der Waals surface area contributed by atoms with Crippen LogP contribution in [0, 0.1) is 26.7 Å². The maximum absolute atomic E-state index is 13.0. The SMILES string of the molecule is Cc1cc(-c2ccc(S(=O)(=O)N3CCC(C(=O)Nc4ccc(C)c(C)c4)CC3)o2)n[nH]1. The first kappa shape index (κ1) is 21.3. The van der Waals surface area contributed by atoms with Crippen molar-refractivity contribution in [2.45, 2.75) is 38.7 Å². The van der Waals surface area contributed by atoms with E-state index in [9.17, 15) is 13.2 Å². The lowest BCUT2D eigenvalue weighted by Crippen LogP contribution is -2.41. The molecule has 3 aromatic rings. The van der Waals surface area contributed by atoms with Crippen LogP contribution in [-0.4, -0.2) is 41.9 Å². The van der Waals surface area contributed by atoms with E-state index >= 15 is 0 Å². The second-order valence-corrected chi connectivity index (χ2v) is 9.89. The number of aromatic nitrogens is 2. The van der Waals surface area contributed by atoms with E-state index in [1.807, 2.05) is 39.0 Å². The number of aromatic amines is 1. The van der Waals surface area contributed by atoms with Crippen molar-refractivity contribution in [2.24, 2.45) is 5.92 Å². The second kappa shape index (κ2) is 8.32. The maximum atomic E-state index is 13.0. The lowest BCUT2D eigenvalue weighted by Gasteiger charge is -2.29. The summed E-state index contributed by atoms with van der Waals surface area (Å²) in [5, 5.41) is 9.75. The minimum atomic E-state index is -3.76. The quantitative estimate of drug-likeness (QED) is 0.627. The highest BCUT2D eigenvalue weighted by atomic mass is 32.2. The fourth-order valence-corrected chi connectivity index (χ4v) is 5.07. The number of furan rings is 1. The van der Waals surface area contributed by atoms with Crippen LogP contribution in [0.1, 0.15) is 29.7 Å².